The van der Waals surface area contributed by atoms with E-state index in [1.165, 1.54) is 44.1 Å². The quantitative estimate of drug-likeness (QED) is 0.762. The van der Waals surface area contributed by atoms with Crippen LogP contribution < -0.4 is 11.1 Å². The summed E-state index contributed by atoms with van der Waals surface area (Å²) in [5, 5.41) is 3.62. The standard InChI is InChI=1S/C22H28N2O/c23-22(25)21-9-5-8-20(14-21)19-12-10-18(11-13-19)16-24-15-17-6-3-1-2-4-7-17/h5,8-14,17,24H,1-4,6-7,15-16H2,(H2,23,25). The first-order chi connectivity index (χ1) is 12.2. The van der Waals surface area contributed by atoms with Gasteiger partial charge < -0.3 is 11.1 Å². The molecule has 0 spiro atoms. The van der Waals surface area contributed by atoms with Gasteiger partial charge in [0.1, 0.15) is 0 Å². The van der Waals surface area contributed by atoms with Gasteiger partial charge in [0.2, 0.25) is 5.91 Å². The van der Waals surface area contributed by atoms with E-state index in [0.717, 1.165) is 30.1 Å². The smallest absolute Gasteiger partial charge is 0.248 e. The molecule has 0 aliphatic heterocycles. The predicted octanol–water partition coefficient (Wildman–Crippen LogP) is 4.51. The van der Waals surface area contributed by atoms with Crippen LogP contribution in [-0.4, -0.2) is 12.5 Å². The first-order valence-electron chi connectivity index (χ1n) is 9.42. The predicted molar refractivity (Wildman–Crippen MR) is 103 cm³/mol. The Hall–Kier alpha value is -2.13. The normalized spacial score (nSPS) is 15.7. The van der Waals surface area contributed by atoms with Gasteiger partial charge in [-0.05, 0) is 54.1 Å². The van der Waals surface area contributed by atoms with Crippen molar-refractivity contribution in [2.75, 3.05) is 6.54 Å². The summed E-state index contributed by atoms with van der Waals surface area (Å²) >= 11 is 0. The zero-order valence-corrected chi connectivity index (χ0v) is 14.8. The molecule has 0 heterocycles. The zero-order chi connectivity index (χ0) is 17.5. The molecule has 0 unspecified atom stereocenters. The van der Waals surface area contributed by atoms with Gasteiger partial charge in [-0.25, -0.2) is 0 Å². The van der Waals surface area contributed by atoms with Gasteiger partial charge >= 0.3 is 0 Å². The summed E-state index contributed by atoms with van der Waals surface area (Å²) in [5.74, 6) is 0.458. The molecule has 0 bridgehead atoms. The molecule has 2 aromatic carbocycles. The summed E-state index contributed by atoms with van der Waals surface area (Å²) in [7, 11) is 0. The van der Waals surface area contributed by atoms with Crippen LogP contribution in [-0.2, 0) is 6.54 Å². The molecule has 1 amide bonds. The molecule has 0 aromatic heterocycles. The number of hydrogen-bond acceptors (Lipinski definition) is 2. The molecule has 132 valence electrons. The Bertz CT molecular complexity index is 685. The second kappa shape index (κ2) is 8.82. The highest BCUT2D eigenvalue weighted by Crippen LogP contribution is 2.23. The van der Waals surface area contributed by atoms with Crippen LogP contribution in [0.25, 0.3) is 11.1 Å². The first kappa shape index (κ1) is 17.7. The molecule has 3 heteroatoms. The molecule has 1 fully saturated rings. The Morgan fingerprint density at radius 3 is 2.36 bits per heavy atom. The van der Waals surface area contributed by atoms with Gasteiger partial charge in [0, 0.05) is 12.1 Å². The molecule has 0 saturated heterocycles. The highest BCUT2D eigenvalue weighted by Gasteiger charge is 2.11. The van der Waals surface area contributed by atoms with Crippen molar-refractivity contribution in [2.45, 2.75) is 45.1 Å². The van der Waals surface area contributed by atoms with Crippen LogP contribution in [0.2, 0.25) is 0 Å². The maximum Gasteiger partial charge on any atom is 0.248 e. The minimum absolute atomic E-state index is 0.388. The second-order valence-corrected chi connectivity index (χ2v) is 7.13. The molecule has 1 aliphatic rings. The van der Waals surface area contributed by atoms with Gasteiger partial charge in [-0.3, -0.25) is 4.79 Å². The Balaban J connectivity index is 1.55. The molecule has 0 atom stereocenters. The number of carbonyl (C=O) groups excluding carboxylic acids is 1. The molecule has 1 saturated carbocycles. The van der Waals surface area contributed by atoms with E-state index >= 15 is 0 Å². The lowest BCUT2D eigenvalue weighted by Crippen LogP contribution is -2.22. The number of hydrogen-bond donors (Lipinski definition) is 2. The van der Waals surface area contributed by atoms with Gasteiger partial charge in [-0.2, -0.15) is 0 Å². The third-order valence-electron chi connectivity index (χ3n) is 5.17. The van der Waals surface area contributed by atoms with Crippen molar-refractivity contribution in [2.24, 2.45) is 11.7 Å². The third kappa shape index (κ3) is 5.17. The Morgan fingerprint density at radius 1 is 0.960 bits per heavy atom. The molecule has 3 rings (SSSR count). The van der Waals surface area contributed by atoms with Crippen molar-refractivity contribution < 1.29 is 4.79 Å². The van der Waals surface area contributed by atoms with Gasteiger partial charge in [-0.15, -0.1) is 0 Å². The van der Waals surface area contributed by atoms with Crippen LogP contribution in [0.1, 0.15) is 54.4 Å². The van der Waals surface area contributed by atoms with Crippen LogP contribution >= 0.6 is 0 Å². The van der Waals surface area contributed by atoms with E-state index in [1.54, 1.807) is 6.07 Å². The number of primary amides is 1. The lowest BCUT2D eigenvalue weighted by molar-refractivity contribution is 0.100. The van der Waals surface area contributed by atoms with E-state index in [2.05, 4.69) is 29.6 Å². The van der Waals surface area contributed by atoms with E-state index in [-0.39, 0.29) is 5.91 Å². The Kier molecular flexibility index (Phi) is 6.24. The van der Waals surface area contributed by atoms with Gasteiger partial charge in [0.25, 0.3) is 0 Å². The summed E-state index contributed by atoms with van der Waals surface area (Å²) in [4.78, 5) is 11.3. The maximum absolute atomic E-state index is 11.3. The summed E-state index contributed by atoms with van der Waals surface area (Å²) in [6, 6.07) is 16.0. The number of nitrogens with one attached hydrogen (secondary N) is 1. The molecular formula is C22H28N2O. The van der Waals surface area contributed by atoms with Crippen molar-refractivity contribution in [3.8, 4) is 11.1 Å². The average Bonchev–Trinajstić information content (AvgIpc) is 2.91. The fourth-order valence-corrected chi connectivity index (χ4v) is 3.66. The summed E-state index contributed by atoms with van der Waals surface area (Å²) < 4.78 is 0. The van der Waals surface area contributed by atoms with Crippen LogP contribution in [0.3, 0.4) is 0 Å². The topological polar surface area (TPSA) is 55.1 Å². The lowest BCUT2D eigenvalue weighted by atomic mass is 10.00. The summed E-state index contributed by atoms with van der Waals surface area (Å²) in [5.41, 5.74) is 9.34. The number of benzene rings is 2. The van der Waals surface area contributed by atoms with E-state index in [0.29, 0.717) is 5.56 Å². The van der Waals surface area contributed by atoms with Crippen LogP contribution in [0.5, 0.6) is 0 Å². The molecule has 25 heavy (non-hydrogen) atoms. The van der Waals surface area contributed by atoms with E-state index < -0.39 is 0 Å². The third-order valence-corrected chi connectivity index (χ3v) is 5.17. The van der Waals surface area contributed by atoms with E-state index in [1.807, 2.05) is 18.2 Å². The van der Waals surface area contributed by atoms with Gasteiger partial charge in [0.05, 0.1) is 0 Å². The van der Waals surface area contributed by atoms with E-state index in [4.69, 9.17) is 5.73 Å². The largest absolute Gasteiger partial charge is 0.366 e. The second-order valence-electron chi connectivity index (χ2n) is 7.13. The molecule has 3 N–H and O–H groups in total. The fraction of sp³-hybridized carbons (Fsp3) is 0.409. The maximum atomic E-state index is 11.3. The average molecular weight is 336 g/mol. The van der Waals surface area contributed by atoms with Crippen molar-refractivity contribution in [1.29, 1.82) is 0 Å². The molecular weight excluding hydrogens is 308 g/mol. The van der Waals surface area contributed by atoms with E-state index in [9.17, 15) is 4.79 Å². The first-order valence-corrected chi connectivity index (χ1v) is 9.42. The molecule has 1 aliphatic carbocycles. The Labute approximate surface area is 150 Å². The molecule has 2 aromatic rings. The minimum Gasteiger partial charge on any atom is -0.366 e. The number of carbonyl (C=O) groups is 1. The Morgan fingerprint density at radius 2 is 1.68 bits per heavy atom. The highest BCUT2D eigenvalue weighted by molar-refractivity contribution is 5.94. The fourth-order valence-electron chi connectivity index (χ4n) is 3.66. The SMILES string of the molecule is NC(=O)c1cccc(-c2ccc(CNCC3CCCCCC3)cc2)c1. The van der Waals surface area contributed by atoms with Gasteiger partial charge in [0.15, 0.2) is 0 Å². The van der Waals surface area contributed by atoms with Crippen LogP contribution in [0.15, 0.2) is 48.5 Å². The monoisotopic (exact) mass is 336 g/mol. The summed E-state index contributed by atoms with van der Waals surface area (Å²) in [6.07, 6.45) is 8.37. The number of nitrogens with two attached hydrogens (primary N) is 1. The molecule has 0 radical (unpaired) electrons. The molecule has 3 nitrogen and oxygen atoms in total. The van der Waals surface area contributed by atoms with Crippen molar-refractivity contribution >= 4 is 5.91 Å². The van der Waals surface area contributed by atoms with Crippen molar-refractivity contribution in [3.05, 3.63) is 59.7 Å². The minimum atomic E-state index is -0.388. The number of rotatable bonds is 6. The van der Waals surface area contributed by atoms with Gasteiger partial charge in [-0.1, -0.05) is 62.1 Å². The lowest BCUT2D eigenvalue weighted by Gasteiger charge is -2.15. The summed E-state index contributed by atoms with van der Waals surface area (Å²) in [6.45, 7) is 2.04. The van der Waals surface area contributed by atoms with Crippen molar-refractivity contribution in [3.63, 3.8) is 0 Å². The highest BCUT2D eigenvalue weighted by atomic mass is 16.1. The van der Waals surface area contributed by atoms with Crippen molar-refractivity contribution in [1.82, 2.24) is 5.32 Å². The van der Waals surface area contributed by atoms with Crippen LogP contribution in [0, 0.1) is 5.92 Å². The zero-order valence-electron chi connectivity index (χ0n) is 14.8. The number of amides is 1. The van der Waals surface area contributed by atoms with Crippen LogP contribution in [0.4, 0.5) is 0 Å².